The topological polar surface area (TPSA) is 44.2 Å². The molecule has 7 heteroatoms. The predicted molar refractivity (Wildman–Crippen MR) is 102 cm³/mol. The Labute approximate surface area is 158 Å². The van der Waals surface area contributed by atoms with Crippen molar-refractivity contribution < 1.29 is 18.0 Å². The quantitative estimate of drug-likeness (QED) is 0.685. The number of alkyl halides is 3. The van der Waals surface area contributed by atoms with Crippen LogP contribution in [0.1, 0.15) is 18.1 Å². The zero-order valence-electron chi connectivity index (χ0n) is 14.2. The monoisotopic (exact) mass is 388 g/mol. The number of rotatable bonds is 3. The number of anilines is 1. The molecule has 0 saturated carbocycles. The van der Waals surface area contributed by atoms with Gasteiger partial charge in [0.05, 0.1) is 16.2 Å². The number of allylic oxidation sites excluding steroid dienone is 2. The lowest BCUT2D eigenvalue weighted by atomic mass is 10.1. The highest BCUT2D eigenvalue weighted by molar-refractivity contribution is 8.19. The van der Waals surface area contributed by atoms with E-state index in [1.807, 2.05) is 36.4 Å². The van der Waals surface area contributed by atoms with E-state index in [-0.39, 0.29) is 15.8 Å². The standard InChI is InChI=1S/C20H15F3N2OS/c1-13(11-14-7-3-2-4-8-14)12-17-18(26)25(19(24)27-17)16-10-6-5-9-15(16)20(21,22)23/h2-12,24H,1H3/b13-11+,17-12-,24-19?. The van der Waals surface area contributed by atoms with Gasteiger partial charge in [-0.3, -0.25) is 15.1 Å². The van der Waals surface area contributed by atoms with Crippen LogP contribution < -0.4 is 4.90 Å². The second-order valence-electron chi connectivity index (χ2n) is 5.87. The largest absolute Gasteiger partial charge is 0.418 e. The smallest absolute Gasteiger partial charge is 0.278 e. The van der Waals surface area contributed by atoms with Gasteiger partial charge >= 0.3 is 6.18 Å². The summed E-state index contributed by atoms with van der Waals surface area (Å²) < 4.78 is 39.8. The molecule has 1 fully saturated rings. The Kier molecular flexibility index (Phi) is 5.23. The Morgan fingerprint density at radius 2 is 1.70 bits per heavy atom. The summed E-state index contributed by atoms with van der Waals surface area (Å²) in [5, 5.41) is 7.76. The predicted octanol–water partition coefficient (Wildman–Crippen LogP) is 5.71. The molecule has 0 atom stereocenters. The number of thioether (sulfide) groups is 1. The Hall–Kier alpha value is -2.80. The lowest BCUT2D eigenvalue weighted by molar-refractivity contribution is -0.137. The van der Waals surface area contributed by atoms with Crippen LogP contribution in [0.2, 0.25) is 0 Å². The maximum Gasteiger partial charge on any atom is 0.418 e. The summed E-state index contributed by atoms with van der Waals surface area (Å²) in [7, 11) is 0. The molecular formula is C20H15F3N2OS. The van der Waals surface area contributed by atoms with Crippen LogP contribution >= 0.6 is 11.8 Å². The second-order valence-corrected chi connectivity index (χ2v) is 6.90. The van der Waals surface area contributed by atoms with Crippen molar-refractivity contribution in [3.63, 3.8) is 0 Å². The zero-order chi connectivity index (χ0) is 19.6. The molecular weight excluding hydrogens is 373 g/mol. The third kappa shape index (κ3) is 4.14. The molecule has 1 amide bonds. The van der Waals surface area contributed by atoms with Crippen molar-refractivity contribution in [2.75, 3.05) is 4.90 Å². The number of amides is 1. The van der Waals surface area contributed by atoms with Crippen LogP contribution in [-0.2, 0) is 11.0 Å². The van der Waals surface area contributed by atoms with Gasteiger partial charge in [0.15, 0.2) is 5.17 Å². The first-order valence-electron chi connectivity index (χ1n) is 7.99. The summed E-state index contributed by atoms with van der Waals surface area (Å²) in [5.74, 6) is -0.637. The minimum absolute atomic E-state index is 0.210. The number of benzene rings is 2. The minimum Gasteiger partial charge on any atom is -0.278 e. The first-order chi connectivity index (χ1) is 12.8. The average Bonchev–Trinajstić information content (AvgIpc) is 2.88. The fourth-order valence-corrected chi connectivity index (χ4v) is 3.58. The first kappa shape index (κ1) is 19.0. The van der Waals surface area contributed by atoms with Gasteiger partial charge in [0.2, 0.25) is 0 Å². The molecule has 2 aromatic rings. The van der Waals surface area contributed by atoms with Crippen molar-refractivity contribution in [2.24, 2.45) is 0 Å². The number of amidine groups is 1. The molecule has 0 spiro atoms. The molecule has 0 radical (unpaired) electrons. The SMILES string of the molecule is CC(/C=C1\SC(=N)N(c2ccccc2C(F)(F)F)C1=O)=C\c1ccccc1. The van der Waals surface area contributed by atoms with Crippen molar-refractivity contribution in [1.29, 1.82) is 5.41 Å². The van der Waals surface area contributed by atoms with E-state index in [1.54, 1.807) is 13.0 Å². The Bertz CT molecular complexity index is 949. The molecule has 27 heavy (non-hydrogen) atoms. The first-order valence-corrected chi connectivity index (χ1v) is 8.81. The number of carbonyl (C=O) groups excluding carboxylic acids is 1. The summed E-state index contributed by atoms with van der Waals surface area (Å²) in [6.45, 7) is 1.80. The summed E-state index contributed by atoms with van der Waals surface area (Å²) in [6, 6.07) is 14.2. The maximum atomic E-state index is 13.3. The van der Waals surface area contributed by atoms with E-state index in [1.165, 1.54) is 18.2 Å². The number of nitrogens with one attached hydrogen (secondary N) is 1. The van der Waals surface area contributed by atoms with E-state index < -0.39 is 17.6 Å². The van der Waals surface area contributed by atoms with Gasteiger partial charge < -0.3 is 0 Å². The van der Waals surface area contributed by atoms with E-state index in [0.29, 0.717) is 0 Å². The van der Waals surface area contributed by atoms with Gasteiger partial charge in [-0.1, -0.05) is 48.5 Å². The molecule has 1 saturated heterocycles. The van der Waals surface area contributed by atoms with Crippen LogP contribution in [0.3, 0.4) is 0 Å². The molecule has 1 aliphatic heterocycles. The maximum absolute atomic E-state index is 13.3. The highest BCUT2D eigenvalue weighted by atomic mass is 32.2. The summed E-state index contributed by atoms with van der Waals surface area (Å²) in [5.41, 5.74) is 0.426. The van der Waals surface area contributed by atoms with Crippen molar-refractivity contribution in [3.05, 3.63) is 82.3 Å². The zero-order valence-corrected chi connectivity index (χ0v) is 15.1. The van der Waals surface area contributed by atoms with Crippen LogP contribution in [0, 0.1) is 5.41 Å². The van der Waals surface area contributed by atoms with Crippen molar-refractivity contribution in [1.82, 2.24) is 0 Å². The molecule has 1 heterocycles. The van der Waals surface area contributed by atoms with Crippen LogP contribution in [0.4, 0.5) is 18.9 Å². The highest BCUT2D eigenvalue weighted by Gasteiger charge is 2.40. The number of carbonyl (C=O) groups is 1. The molecule has 0 aliphatic carbocycles. The fourth-order valence-electron chi connectivity index (χ4n) is 2.67. The van der Waals surface area contributed by atoms with Gasteiger partial charge in [0.1, 0.15) is 0 Å². The van der Waals surface area contributed by atoms with Gasteiger partial charge in [-0.25, -0.2) is 0 Å². The lowest BCUT2D eigenvalue weighted by Gasteiger charge is -2.19. The summed E-state index contributed by atoms with van der Waals surface area (Å²) in [4.78, 5) is 13.7. The van der Waals surface area contributed by atoms with Crippen molar-refractivity contribution in [3.8, 4) is 0 Å². The van der Waals surface area contributed by atoms with E-state index in [4.69, 9.17) is 5.41 Å². The minimum atomic E-state index is -4.61. The van der Waals surface area contributed by atoms with Crippen molar-refractivity contribution in [2.45, 2.75) is 13.1 Å². The number of nitrogens with zero attached hydrogens (tertiary/aromatic N) is 1. The Balaban J connectivity index is 1.94. The van der Waals surface area contributed by atoms with Gasteiger partial charge in [-0.15, -0.1) is 0 Å². The van der Waals surface area contributed by atoms with Gasteiger partial charge in [0.25, 0.3) is 5.91 Å². The van der Waals surface area contributed by atoms with Crippen LogP contribution in [-0.4, -0.2) is 11.1 Å². The molecule has 0 bridgehead atoms. The van der Waals surface area contributed by atoms with E-state index in [2.05, 4.69) is 0 Å². The van der Waals surface area contributed by atoms with Crippen LogP contribution in [0.5, 0.6) is 0 Å². The van der Waals surface area contributed by atoms with Crippen molar-refractivity contribution >= 4 is 34.6 Å². The number of halogens is 3. The fraction of sp³-hybridized carbons (Fsp3) is 0.100. The van der Waals surface area contributed by atoms with E-state index >= 15 is 0 Å². The van der Waals surface area contributed by atoms with Gasteiger partial charge in [-0.05, 0) is 48.0 Å². The summed E-state index contributed by atoms with van der Waals surface area (Å²) >= 11 is 0.847. The van der Waals surface area contributed by atoms with Gasteiger partial charge in [-0.2, -0.15) is 13.2 Å². The number of hydrogen-bond acceptors (Lipinski definition) is 3. The molecule has 1 aliphatic rings. The average molecular weight is 388 g/mol. The molecule has 1 N–H and O–H groups in total. The lowest BCUT2D eigenvalue weighted by Crippen LogP contribution is -2.30. The third-order valence-corrected chi connectivity index (χ3v) is 4.71. The molecule has 3 nitrogen and oxygen atoms in total. The summed E-state index contributed by atoms with van der Waals surface area (Å²) in [6.07, 6.45) is -1.17. The second kappa shape index (κ2) is 7.44. The van der Waals surface area contributed by atoms with Crippen LogP contribution in [0.25, 0.3) is 6.08 Å². The molecule has 138 valence electrons. The number of para-hydroxylation sites is 1. The molecule has 2 aromatic carbocycles. The van der Waals surface area contributed by atoms with Gasteiger partial charge in [0, 0.05) is 0 Å². The third-order valence-electron chi connectivity index (χ3n) is 3.83. The Morgan fingerprint density at radius 1 is 1.07 bits per heavy atom. The molecule has 0 aromatic heterocycles. The molecule has 0 unspecified atom stereocenters. The molecule has 3 rings (SSSR count). The Morgan fingerprint density at radius 3 is 2.37 bits per heavy atom. The normalized spacial score (nSPS) is 17.1. The van der Waals surface area contributed by atoms with E-state index in [9.17, 15) is 18.0 Å². The number of hydrogen-bond donors (Lipinski definition) is 1. The van der Waals surface area contributed by atoms with Crippen LogP contribution in [0.15, 0.2) is 71.2 Å². The highest BCUT2D eigenvalue weighted by Crippen LogP contribution is 2.41. The van der Waals surface area contributed by atoms with E-state index in [0.717, 1.165) is 33.9 Å².